The molecule has 0 aliphatic heterocycles. The second kappa shape index (κ2) is 5.48. The van der Waals surface area contributed by atoms with Crippen LogP contribution in [0.1, 0.15) is 10.4 Å². The Bertz CT molecular complexity index is 651. The van der Waals surface area contributed by atoms with Gasteiger partial charge in [0.15, 0.2) is 0 Å². The highest BCUT2D eigenvalue weighted by molar-refractivity contribution is 7.71. The number of nitrogens with one attached hydrogen (secondary N) is 2. The largest absolute Gasteiger partial charge is 0.508 e. The van der Waals surface area contributed by atoms with Crippen LogP contribution in [0.2, 0.25) is 0 Å². The van der Waals surface area contributed by atoms with Gasteiger partial charge in [0.05, 0.1) is 12.1 Å². The van der Waals surface area contributed by atoms with Gasteiger partial charge in [-0.1, -0.05) is 10.3 Å². The number of amides is 1. The van der Waals surface area contributed by atoms with Gasteiger partial charge in [-0.25, -0.2) is 4.68 Å². The van der Waals surface area contributed by atoms with E-state index in [4.69, 9.17) is 12.2 Å². The molecule has 2 aromatic rings. The van der Waals surface area contributed by atoms with E-state index in [2.05, 4.69) is 20.8 Å². The molecule has 1 amide bonds. The average molecular weight is 281 g/mol. The van der Waals surface area contributed by atoms with Crippen LogP contribution in [0.15, 0.2) is 18.2 Å². The first-order valence-corrected chi connectivity index (χ1v) is 5.77. The molecule has 0 aliphatic rings. The van der Waals surface area contributed by atoms with Crippen molar-refractivity contribution in [1.29, 1.82) is 0 Å². The van der Waals surface area contributed by atoms with Gasteiger partial charge >= 0.3 is 0 Å². The predicted molar refractivity (Wildman–Crippen MR) is 67.3 cm³/mol. The molecule has 0 spiro atoms. The van der Waals surface area contributed by atoms with Gasteiger partial charge in [-0.2, -0.15) is 5.21 Å². The quantitative estimate of drug-likeness (QED) is 0.469. The molecule has 0 bridgehead atoms. The Labute approximate surface area is 112 Å². The summed E-state index contributed by atoms with van der Waals surface area (Å²) >= 11 is 4.87. The zero-order chi connectivity index (χ0) is 13.8. The third kappa shape index (κ3) is 3.07. The molecule has 0 radical (unpaired) electrons. The Hall–Kier alpha value is -2.42. The van der Waals surface area contributed by atoms with E-state index in [1.54, 1.807) is 0 Å². The highest BCUT2D eigenvalue weighted by Gasteiger charge is 2.11. The summed E-state index contributed by atoms with van der Waals surface area (Å²) in [6.45, 7) is 0.642. The van der Waals surface area contributed by atoms with Crippen molar-refractivity contribution in [3.63, 3.8) is 0 Å². The Balaban J connectivity index is 1.96. The smallest absolute Gasteiger partial charge is 0.255 e. The van der Waals surface area contributed by atoms with Crippen molar-refractivity contribution in [2.24, 2.45) is 0 Å². The molecule has 0 saturated carbocycles. The van der Waals surface area contributed by atoms with Crippen LogP contribution in [0.5, 0.6) is 11.5 Å². The van der Waals surface area contributed by atoms with Crippen LogP contribution < -0.4 is 5.32 Å². The molecule has 19 heavy (non-hydrogen) atoms. The van der Waals surface area contributed by atoms with Crippen molar-refractivity contribution in [1.82, 2.24) is 25.5 Å². The number of aromatic amines is 1. The normalized spacial score (nSPS) is 10.3. The molecule has 0 fully saturated rings. The number of hydrogen-bond donors (Lipinski definition) is 4. The molecule has 0 aliphatic carbocycles. The monoisotopic (exact) mass is 281 g/mol. The van der Waals surface area contributed by atoms with Crippen molar-refractivity contribution in [3.8, 4) is 11.5 Å². The van der Waals surface area contributed by atoms with E-state index in [9.17, 15) is 15.0 Å². The lowest BCUT2D eigenvalue weighted by Gasteiger charge is -2.07. The van der Waals surface area contributed by atoms with Crippen molar-refractivity contribution < 1.29 is 15.0 Å². The van der Waals surface area contributed by atoms with Crippen molar-refractivity contribution in [2.45, 2.75) is 6.54 Å². The number of nitrogens with zero attached hydrogens (tertiary/aromatic N) is 3. The molecular weight excluding hydrogens is 270 g/mol. The summed E-state index contributed by atoms with van der Waals surface area (Å²) in [7, 11) is 0. The van der Waals surface area contributed by atoms with E-state index in [0.717, 1.165) is 0 Å². The molecule has 0 atom stereocenters. The maximum absolute atomic E-state index is 11.8. The molecule has 4 N–H and O–H groups in total. The topological polar surface area (TPSA) is 116 Å². The highest BCUT2D eigenvalue weighted by atomic mass is 32.1. The van der Waals surface area contributed by atoms with Crippen LogP contribution >= 0.6 is 12.2 Å². The Kier molecular flexibility index (Phi) is 3.76. The van der Waals surface area contributed by atoms with Gasteiger partial charge in [-0.15, -0.1) is 0 Å². The number of carbonyl (C=O) groups is 1. The zero-order valence-electron chi connectivity index (χ0n) is 9.70. The summed E-state index contributed by atoms with van der Waals surface area (Å²) < 4.78 is 1.77. The number of benzene rings is 1. The predicted octanol–water partition coefficient (Wildman–Crippen LogP) is 0.177. The summed E-state index contributed by atoms with van der Waals surface area (Å²) in [6, 6.07) is 3.73. The molecule has 0 unspecified atom stereocenters. The Morgan fingerprint density at radius 3 is 2.95 bits per heavy atom. The number of phenols is 2. The summed E-state index contributed by atoms with van der Waals surface area (Å²) in [4.78, 5) is 11.8. The molecule has 100 valence electrons. The van der Waals surface area contributed by atoms with Crippen molar-refractivity contribution in [2.75, 3.05) is 6.54 Å². The van der Waals surface area contributed by atoms with Crippen molar-refractivity contribution >= 4 is 18.1 Å². The highest BCUT2D eigenvalue weighted by Crippen LogP contribution is 2.21. The summed E-state index contributed by atoms with van der Waals surface area (Å²) in [5, 5.41) is 31.0. The van der Waals surface area contributed by atoms with E-state index < -0.39 is 5.91 Å². The SMILES string of the molecule is O=C(NCCn1[nH]nnc1=S)c1cc(O)ccc1O. The minimum Gasteiger partial charge on any atom is -0.508 e. The van der Waals surface area contributed by atoms with Gasteiger partial charge in [-0.3, -0.25) is 4.79 Å². The van der Waals surface area contributed by atoms with Crippen LogP contribution in [0.3, 0.4) is 0 Å². The number of aromatic nitrogens is 4. The van der Waals surface area contributed by atoms with Crippen LogP contribution in [0.25, 0.3) is 0 Å². The number of carbonyl (C=O) groups excluding carboxylic acids is 1. The van der Waals surface area contributed by atoms with Crippen LogP contribution in [0.4, 0.5) is 0 Å². The number of aromatic hydroxyl groups is 2. The molecule has 1 aromatic heterocycles. The lowest BCUT2D eigenvalue weighted by atomic mass is 10.2. The number of hydrogen-bond acceptors (Lipinski definition) is 6. The third-order valence-corrected chi connectivity index (χ3v) is 2.68. The average Bonchev–Trinajstić information content (AvgIpc) is 2.78. The Morgan fingerprint density at radius 1 is 1.47 bits per heavy atom. The van der Waals surface area contributed by atoms with Gasteiger partial charge in [0, 0.05) is 6.54 Å². The fourth-order valence-corrected chi connectivity index (χ4v) is 1.62. The van der Waals surface area contributed by atoms with Gasteiger partial charge in [0.1, 0.15) is 11.5 Å². The van der Waals surface area contributed by atoms with E-state index in [0.29, 0.717) is 6.54 Å². The first-order valence-electron chi connectivity index (χ1n) is 5.36. The fourth-order valence-electron chi connectivity index (χ4n) is 1.44. The second-order valence-corrected chi connectivity index (χ2v) is 4.06. The molecule has 1 aromatic carbocycles. The summed E-state index contributed by atoms with van der Waals surface area (Å²) in [5.74, 6) is -0.787. The lowest BCUT2D eigenvalue weighted by molar-refractivity contribution is 0.0948. The molecule has 8 nitrogen and oxygen atoms in total. The number of H-pyrrole nitrogens is 1. The second-order valence-electron chi connectivity index (χ2n) is 3.69. The van der Waals surface area contributed by atoms with Gasteiger partial charge in [0.2, 0.25) is 4.77 Å². The van der Waals surface area contributed by atoms with Crippen LogP contribution in [-0.2, 0) is 6.54 Å². The first-order chi connectivity index (χ1) is 9.08. The molecule has 9 heteroatoms. The lowest BCUT2D eigenvalue weighted by Crippen LogP contribution is -2.27. The van der Waals surface area contributed by atoms with E-state index in [1.165, 1.54) is 22.9 Å². The number of tetrazole rings is 1. The molecular formula is C10H11N5O3S. The van der Waals surface area contributed by atoms with Gasteiger partial charge < -0.3 is 15.5 Å². The minimum absolute atomic E-state index is 0.00586. The van der Waals surface area contributed by atoms with Crippen molar-refractivity contribution in [3.05, 3.63) is 28.5 Å². The summed E-state index contributed by atoms with van der Waals surface area (Å²) in [6.07, 6.45) is 0. The van der Waals surface area contributed by atoms with Crippen LogP contribution in [-0.4, -0.2) is 42.9 Å². The number of phenolic OH excluding ortho intramolecular Hbond substituents is 2. The minimum atomic E-state index is -0.493. The van der Waals surface area contributed by atoms with Gasteiger partial charge in [-0.05, 0) is 30.4 Å². The van der Waals surface area contributed by atoms with E-state index in [-0.39, 0.29) is 28.4 Å². The maximum Gasteiger partial charge on any atom is 0.255 e. The third-order valence-electron chi connectivity index (χ3n) is 2.38. The van der Waals surface area contributed by atoms with E-state index >= 15 is 0 Å². The summed E-state index contributed by atoms with van der Waals surface area (Å²) in [5.41, 5.74) is 0.00586. The molecule has 2 rings (SSSR count). The zero-order valence-corrected chi connectivity index (χ0v) is 10.5. The Morgan fingerprint density at radius 2 is 2.26 bits per heavy atom. The van der Waals surface area contributed by atoms with Gasteiger partial charge in [0.25, 0.3) is 5.91 Å². The molecule has 1 heterocycles. The number of rotatable bonds is 4. The first kappa shape index (κ1) is 13.0. The maximum atomic E-state index is 11.8. The fraction of sp³-hybridized carbons (Fsp3) is 0.200. The van der Waals surface area contributed by atoms with Crippen LogP contribution in [0, 0.1) is 4.77 Å². The van der Waals surface area contributed by atoms with E-state index in [1.807, 2.05) is 0 Å². The molecule has 0 saturated heterocycles. The standard InChI is InChI=1S/C10H11N5O3S/c16-6-1-2-8(17)7(5-6)9(18)11-3-4-15-10(19)12-13-14-15/h1-2,5,16-17H,3-4H2,(H,11,18)(H,12,14,19).